The van der Waals surface area contributed by atoms with Gasteiger partial charge in [-0.05, 0) is 37.6 Å². The number of anilines is 1. The SMILES string of the molecule is CCCCCCOC(=O)Nc1ccc(OCC)cc1. The molecule has 1 aromatic carbocycles. The normalized spacial score (nSPS) is 10.0. The van der Waals surface area contributed by atoms with Gasteiger partial charge in [0.2, 0.25) is 0 Å². The Morgan fingerprint density at radius 2 is 1.84 bits per heavy atom. The van der Waals surface area contributed by atoms with Gasteiger partial charge < -0.3 is 9.47 Å². The molecule has 0 saturated carbocycles. The molecule has 0 aliphatic heterocycles. The molecule has 1 N–H and O–H groups in total. The molecule has 1 rings (SSSR count). The summed E-state index contributed by atoms with van der Waals surface area (Å²) in [4.78, 5) is 11.5. The smallest absolute Gasteiger partial charge is 0.411 e. The largest absolute Gasteiger partial charge is 0.494 e. The van der Waals surface area contributed by atoms with E-state index in [-0.39, 0.29) is 0 Å². The maximum atomic E-state index is 11.5. The van der Waals surface area contributed by atoms with Crippen molar-refractivity contribution in [2.45, 2.75) is 39.5 Å². The van der Waals surface area contributed by atoms with E-state index in [1.807, 2.05) is 19.1 Å². The molecular weight excluding hydrogens is 242 g/mol. The molecule has 4 heteroatoms. The molecule has 1 amide bonds. The highest BCUT2D eigenvalue weighted by molar-refractivity contribution is 5.84. The number of hydrogen-bond donors (Lipinski definition) is 1. The Balaban J connectivity index is 2.24. The Morgan fingerprint density at radius 1 is 1.11 bits per heavy atom. The van der Waals surface area contributed by atoms with Gasteiger partial charge in [0.05, 0.1) is 13.2 Å². The number of carbonyl (C=O) groups excluding carboxylic acids is 1. The molecule has 1 aromatic rings. The van der Waals surface area contributed by atoms with Gasteiger partial charge in [-0.2, -0.15) is 0 Å². The van der Waals surface area contributed by atoms with Gasteiger partial charge >= 0.3 is 6.09 Å². The first-order valence-electron chi connectivity index (χ1n) is 6.93. The first-order valence-corrected chi connectivity index (χ1v) is 6.93. The summed E-state index contributed by atoms with van der Waals surface area (Å²) in [5, 5.41) is 2.69. The fourth-order valence-corrected chi connectivity index (χ4v) is 1.65. The summed E-state index contributed by atoms with van der Waals surface area (Å²) in [5.74, 6) is 0.793. The van der Waals surface area contributed by atoms with Crippen LogP contribution >= 0.6 is 0 Å². The van der Waals surface area contributed by atoms with E-state index in [0.717, 1.165) is 18.6 Å². The van der Waals surface area contributed by atoms with Gasteiger partial charge in [-0.1, -0.05) is 26.2 Å². The second kappa shape index (κ2) is 9.25. The number of hydrogen-bond acceptors (Lipinski definition) is 3. The zero-order valence-electron chi connectivity index (χ0n) is 11.8. The van der Waals surface area contributed by atoms with Crippen molar-refractivity contribution in [1.82, 2.24) is 0 Å². The number of nitrogens with one attached hydrogen (secondary N) is 1. The summed E-state index contributed by atoms with van der Waals surface area (Å²) in [6, 6.07) is 7.23. The zero-order chi connectivity index (χ0) is 13.9. The Morgan fingerprint density at radius 3 is 2.47 bits per heavy atom. The molecule has 19 heavy (non-hydrogen) atoms. The van der Waals surface area contributed by atoms with Crippen LogP contribution in [-0.2, 0) is 4.74 Å². The Hall–Kier alpha value is -1.71. The highest BCUT2D eigenvalue weighted by atomic mass is 16.5. The first kappa shape index (κ1) is 15.3. The topological polar surface area (TPSA) is 47.6 Å². The van der Waals surface area contributed by atoms with E-state index < -0.39 is 6.09 Å². The molecule has 0 bridgehead atoms. The van der Waals surface area contributed by atoms with E-state index >= 15 is 0 Å². The molecule has 0 heterocycles. The van der Waals surface area contributed by atoms with E-state index in [4.69, 9.17) is 9.47 Å². The summed E-state index contributed by atoms with van der Waals surface area (Å²) in [6.45, 7) is 5.19. The minimum absolute atomic E-state index is 0.402. The predicted octanol–water partition coefficient (Wildman–Crippen LogP) is 4.21. The summed E-state index contributed by atoms with van der Waals surface area (Å²) in [6.07, 6.45) is 3.99. The third kappa shape index (κ3) is 6.70. The average molecular weight is 265 g/mol. The fraction of sp³-hybridized carbons (Fsp3) is 0.533. The number of unbranched alkanes of at least 4 members (excludes halogenated alkanes) is 3. The standard InChI is InChI=1S/C15H23NO3/c1-3-5-6-7-12-19-15(17)16-13-8-10-14(11-9-13)18-4-2/h8-11H,3-7,12H2,1-2H3,(H,16,17). The summed E-state index contributed by atoms with van der Waals surface area (Å²) in [5.41, 5.74) is 0.710. The molecular formula is C15H23NO3. The molecule has 0 saturated heterocycles. The van der Waals surface area contributed by atoms with Crippen LogP contribution in [0.25, 0.3) is 0 Å². The predicted molar refractivity (Wildman–Crippen MR) is 76.7 cm³/mol. The maximum Gasteiger partial charge on any atom is 0.411 e. The molecule has 106 valence electrons. The van der Waals surface area contributed by atoms with Crippen molar-refractivity contribution >= 4 is 11.8 Å². The van der Waals surface area contributed by atoms with Gasteiger partial charge in [0, 0.05) is 5.69 Å². The van der Waals surface area contributed by atoms with Crippen molar-refractivity contribution in [3.63, 3.8) is 0 Å². The van der Waals surface area contributed by atoms with Gasteiger partial charge in [-0.25, -0.2) is 4.79 Å². The van der Waals surface area contributed by atoms with Crippen LogP contribution in [-0.4, -0.2) is 19.3 Å². The van der Waals surface area contributed by atoms with Crippen LogP contribution in [0.3, 0.4) is 0 Å². The highest BCUT2D eigenvalue weighted by Gasteiger charge is 2.02. The van der Waals surface area contributed by atoms with Crippen LogP contribution in [0, 0.1) is 0 Å². The Labute approximate surface area is 115 Å². The van der Waals surface area contributed by atoms with Crippen molar-refractivity contribution < 1.29 is 14.3 Å². The van der Waals surface area contributed by atoms with E-state index in [2.05, 4.69) is 12.2 Å². The molecule has 0 atom stereocenters. The zero-order valence-corrected chi connectivity index (χ0v) is 11.8. The summed E-state index contributed by atoms with van der Waals surface area (Å²) >= 11 is 0. The van der Waals surface area contributed by atoms with E-state index in [9.17, 15) is 4.79 Å². The molecule has 0 aliphatic rings. The minimum atomic E-state index is -0.402. The number of rotatable bonds is 8. The van der Waals surface area contributed by atoms with Crippen LogP contribution in [0.15, 0.2) is 24.3 Å². The van der Waals surface area contributed by atoms with Crippen LogP contribution < -0.4 is 10.1 Å². The fourth-order valence-electron chi connectivity index (χ4n) is 1.65. The van der Waals surface area contributed by atoms with Gasteiger partial charge in [-0.3, -0.25) is 5.32 Å². The lowest BCUT2D eigenvalue weighted by atomic mass is 10.2. The molecule has 0 spiro atoms. The lowest BCUT2D eigenvalue weighted by molar-refractivity contribution is 0.159. The van der Waals surface area contributed by atoms with Crippen LogP contribution in [0.5, 0.6) is 5.75 Å². The number of amides is 1. The third-order valence-electron chi connectivity index (χ3n) is 2.64. The van der Waals surface area contributed by atoms with E-state index in [1.54, 1.807) is 12.1 Å². The molecule has 0 unspecified atom stereocenters. The number of ether oxygens (including phenoxy) is 2. The third-order valence-corrected chi connectivity index (χ3v) is 2.64. The van der Waals surface area contributed by atoms with Gasteiger partial charge in [0.15, 0.2) is 0 Å². The van der Waals surface area contributed by atoms with Crippen molar-refractivity contribution in [2.75, 3.05) is 18.5 Å². The van der Waals surface area contributed by atoms with Crippen LogP contribution in [0.2, 0.25) is 0 Å². The summed E-state index contributed by atoms with van der Waals surface area (Å²) < 4.78 is 10.4. The van der Waals surface area contributed by atoms with Gasteiger partial charge in [0.25, 0.3) is 0 Å². The van der Waals surface area contributed by atoms with Gasteiger partial charge in [-0.15, -0.1) is 0 Å². The lowest BCUT2D eigenvalue weighted by Crippen LogP contribution is -2.14. The van der Waals surface area contributed by atoms with Gasteiger partial charge in [0.1, 0.15) is 5.75 Å². The van der Waals surface area contributed by atoms with Crippen LogP contribution in [0.4, 0.5) is 10.5 Å². The Bertz CT molecular complexity index is 362. The quantitative estimate of drug-likeness (QED) is 0.716. The second-order valence-corrected chi connectivity index (χ2v) is 4.28. The van der Waals surface area contributed by atoms with E-state index in [0.29, 0.717) is 18.9 Å². The van der Waals surface area contributed by atoms with Crippen molar-refractivity contribution in [2.24, 2.45) is 0 Å². The highest BCUT2D eigenvalue weighted by Crippen LogP contribution is 2.15. The Kier molecular flexibility index (Phi) is 7.47. The molecule has 0 aromatic heterocycles. The van der Waals surface area contributed by atoms with E-state index in [1.165, 1.54) is 12.8 Å². The van der Waals surface area contributed by atoms with Crippen molar-refractivity contribution in [3.05, 3.63) is 24.3 Å². The number of benzene rings is 1. The molecule has 4 nitrogen and oxygen atoms in total. The number of carbonyl (C=O) groups is 1. The van der Waals surface area contributed by atoms with Crippen molar-refractivity contribution in [3.8, 4) is 5.75 Å². The maximum absolute atomic E-state index is 11.5. The minimum Gasteiger partial charge on any atom is -0.494 e. The van der Waals surface area contributed by atoms with Crippen LogP contribution in [0.1, 0.15) is 39.5 Å². The molecule has 0 aliphatic carbocycles. The summed E-state index contributed by atoms with van der Waals surface area (Å²) in [7, 11) is 0. The first-order chi connectivity index (χ1) is 9.26. The average Bonchev–Trinajstić information content (AvgIpc) is 2.41. The lowest BCUT2D eigenvalue weighted by Gasteiger charge is -2.08. The molecule has 0 radical (unpaired) electrons. The van der Waals surface area contributed by atoms with Crippen molar-refractivity contribution in [1.29, 1.82) is 0 Å². The monoisotopic (exact) mass is 265 g/mol. The molecule has 0 fully saturated rings. The second-order valence-electron chi connectivity index (χ2n) is 4.28.